The molecule has 140 valence electrons. The van der Waals surface area contributed by atoms with Crippen LogP contribution in [0.3, 0.4) is 0 Å². The zero-order valence-corrected chi connectivity index (χ0v) is 16.2. The Morgan fingerprint density at radius 3 is 1.70 bits per heavy atom. The van der Waals surface area contributed by atoms with Crippen molar-refractivity contribution in [2.75, 3.05) is 33.5 Å². The second kappa shape index (κ2) is 15.4. The molecule has 0 aliphatic carbocycles. The van der Waals surface area contributed by atoms with Crippen molar-refractivity contribution >= 4 is 0 Å². The van der Waals surface area contributed by atoms with E-state index in [1.807, 2.05) is 20.8 Å². The van der Waals surface area contributed by atoms with Gasteiger partial charge in [-0.3, -0.25) is 0 Å². The lowest BCUT2D eigenvalue weighted by Crippen LogP contribution is -2.47. The molecule has 0 saturated carbocycles. The second-order valence-corrected chi connectivity index (χ2v) is 5.94. The van der Waals surface area contributed by atoms with Crippen LogP contribution < -0.4 is 0 Å². The van der Waals surface area contributed by atoms with Crippen LogP contribution in [0, 0.1) is 5.92 Å². The highest BCUT2D eigenvalue weighted by molar-refractivity contribution is 4.73. The summed E-state index contributed by atoms with van der Waals surface area (Å²) in [6.07, 6.45) is 9.69. The highest BCUT2D eigenvalue weighted by Crippen LogP contribution is 2.33. The molecule has 0 fully saturated rings. The Balaban J connectivity index is 4.68. The molecule has 0 spiro atoms. The van der Waals surface area contributed by atoms with Crippen molar-refractivity contribution in [3.63, 3.8) is 0 Å². The van der Waals surface area contributed by atoms with Gasteiger partial charge >= 0.3 is 0 Å². The zero-order valence-electron chi connectivity index (χ0n) is 16.2. The molecule has 0 N–H and O–H groups in total. The van der Waals surface area contributed by atoms with E-state index >= 15 is 0 Å². The van der Waals surface area contributed by atoms with E-state index in [0.29, 0.717) is 26.4 Å². The molecule has 0 heterocycles. The minimum Gasteiger partial charge on any atom is -0.385 e. The van der Waals surface area contributed by atoms with Crippen molar-refractivity contribution in [3.05, 3.63) is 0 Å². The molecule has 0 aromatic carbocycles. The molecular formula is C19H40O4. The summed E-state index contributed by atoms with van der Waals surface area (Å²) in [4.78, 5) is 0. The van der Waals surface area contributed by atoms with E-state index in [2.05, 4.69) is 6.92 Å². The molecule has 0 radical (unpaired) electrons. The van der Waals surface area contributed by atoms with Gasteiger partial charge in [0.1, 0.15) is 0 Å². The maximum absolute atomic E-state index is 5.97. The lowest BCUT2D eigenvalue weighted by atomic mass is 9.94. The molecule has 1 atom stereocenters. The van der Waals surface area contributed by atoms with Crippen molar-refractivity contribution in [3.8, 4) is 0 Å². The second-order valence-electron chi connectivity index (χ2n) is 5.94. The van der Waals surface area contributed by atoms with Crippen LogP contribution in [0.4, 0.5) is 0 Å². The predicted molar refractivity (Wildman–Crippen MR) is 95.6 cm³/mol. The van der Waals surface area contributed by atoms with Gasteiger partial charge in [-0.25, -0.2) is 0 Å². The van der Waals surface area contributed by atoms with Crippen molar-refractivity contribution in [2.45, 2.75) is 85.0 Å². The lowest BCUT2D eigenvalue weighted by Gasteiger charge is -2.39. The lowest BCUT2D eigenvalue weighted by molar-refractivity contribution is -0.403. The first-order valence-corrected chi connectivity index (χ1v) is 9.61. The van der Waals surface area contributed by atoms with Crippen LogP contribution in [0.1, 0.15) is 79.1 Å². The van der Waals surface area contributed by atoms with Gasteiger partial charge in [0, 0.05) is 39.5 Å². The molecule has 0 amide bonds. The first-order valence-electron chi connectivity index (χ1n) is 9.61. The molecule has 4 heteroatoms. The molecule has 0 aromatic rings. The van der Waals surface area contributed by atoms with E-state index < -0.39 is 5.97 Å². The smallest absolute Gasteiger partial charge is 0.285 e. The van der Waals surface area contributed by atoms with Crippen LogP contribution in [-0.2, 0) is 18.9 Å². The van der Waals surface area contributed by atoms with Gasteiger partial charge in [-0.15, -0.1) is 0 Å². The van der Waals surface area contributed by atoms with E-state index in [1.54, 1.807) is 7.11 Å². The monoisotopic (exact) mass is 332 g/mol. The summed E-state index contributed by atoms with van der Waals surface area (Å²) in [6.45, 7) is 10.7. The Kier molecular flexibility index (Phi) is 15.3. The van der Waals surface area contributed by atoms with Crippen molar-refractivity contribution in [1.82, 2.24) is 0 Å². The fourth-order valence-corrected chi connectivity index (χ4v) is 3.01. The van der Waals surface area contributed by atoms with E-state index in [1.165, 1.54) is 38.5 Å². The van der Waals surface area contributed by atoms with Gasteiger partial charge in [0.25, 0.3) is 5.97 Å². The Hall–Kier alpha value is -0.160. The van der Waals surface area contributed by atoms with Crippen LogP contribution in [0.5, 0.6) is 0 Å². The van der Waals surface area contributed by atoms with Crippen molar-refractivity contribution in [1.29, 1.82) is 0 Å². The molecular weight excluding hydrogens is 292 g/mol. The molecule has 0 aliphatic heterocycles. The maximum atomic E-state index is 5.97. The summed E-state index contributed by atoms with van der Waals surface area (Å²) in [5.41, 5.74) is 0. The summed E-state index contributed by atoms with van der Waals surface area (Å²) in [5.74, 6) is -0.714. The minimum atomic E-state index is -0.916. The molecule has 1 unspecified atom stereocenters. The fraction of sp³-hybridized carbons (Fsp3) is 1.00. The standard InChI is InChI=1S/C19H40O4/c1-6-10-11-12-13-14-15-18(16-17-20-5)19(21-7-2,22-8-3)23-9-4/h18H,6-17H2,1-5H3. The number of methoxy groups -OCH3 is 1. The third-order valence-electron chi connectivity index (χ3n) is 4.11. The van der Waals surface area contributed by atoms with Crippen LogP contribution in [0.25, 0.3) is 0 Å². The van der Waals surface area contributed by atoms with Crippen molar-refractivity contribution < 1.29 is 18.9 Å². The number of hydrogen-bond acceptors (Lipinski definition) is 4. The molecule has 4 nitrogen and oxygen atoms in total. The Bertz CT molecular complexity index is 229. The molecule has 0 saturated heterocycles. The van der Waals surface area contributed by atoms with E-state index in [9.17, 15) is 0 Å². The van der Waals surface area contributed by atoms with E-state index in [-0.39, 0.29) is 5.92 Å². The number of unbranched alkanes of at least 4 members (excludes halogenated alkanes) is 5. The number of hydrogen-bond donors (Lipinski definition) is 0. The predicted octanol–water partition coefficient (Wildman–Crippen LogP) is 5.15. The Morgan fingerprint density at radius 1 is 0.696 bits per heavy atom. The van der Waals surface area contributed by atoms with Gasteiger partial charge in [0.05, 0.1) is 0 Å². The minimum absolute atomic E-state index is 0.202. The average Bonchev–Trinajstić information content (AvgIpc) is 2.54. The third-order valence-corrected chi connectivity index (χ3v) is 4.11. The molecule has 23 heavy (non-hydrogen) atoms. The highest BCUT2D eigenvalue weighted by Gasteiger charge is 2.41. The summed E-state index contributed by atoms with van der Waals surface area (Å²) >= 11 is 0. The first kappa shape index (κ1) is 22.8. The fourth-order valence-electron chi connectivity index (χ4n) is 3.01. The van der Waals surface area contributed by atoms with Gasteiger partial charge in [0.2, 0.25) is 0 Å². The summed E-state index contributed by atoms with van der Waals surface area (Å²) < 4.78 is 23.2. The maximum Gasteiger partial charge on any atom is 0.285 e. The average molecular weight is 333 g/mol. The Morgan fingerprint density at radius 2 is 1.22 bits per heavy atom. The molecule has 0 bridgehead atoms. The van der Waals surface area contributed by atoms with Gasteiger partial charge < -0.3 is 18.9 Å². The normalized spacial score (nSPS) is 13.4. The quantitative estimate of drug-likeness (QED) is 0.272. The van der Waals surface area contributed by atoms with Gasteiger partial charge in [0.15, 0.2) is 0 Å². The molecule has 0 aliphatic rings. The first-order chi connectivity index (χ1) is 11.2. The zero-order chi connectivity index (χ0) is 17.4. The SMILES string of the molecule is CCCCCCCCC(CCOC)C(OCC)(OCC)OCC. The van der Waals surface area contributed by atoms with Crippen molar-refractivity contribution in [2.24, 2.45) is 5.92 Å². The van der Waals surface area contributed by atoms with Crippen LogP contribution >= 0.6 is 0 Å². The van der Waals surface area contributed by atoms with Crippen LogP contribution in [0.2, 0.25) is 0 Å². The van der Waals surface area contributed by atoms with Gasteiger partial charge in [-0.1, -0.05) is 45.4 Å². The topological polar surface area (TPSA) is 36.9 Å². The molecule has 0 rings (SSSR count). The number of rotatable bonds is 17. The molecule has 0 aromatic heterocycles. The largest absolute Gasteiger partial charge is 0.385 e. The Labute approximate surface area is 144 Å². The summed E-state index contributed by atoms with van der Waals surface area (Å²) in [7, 11) is 1.74. The van der Waals surface area contributed by atoms with Crippen LogP contribution in [0.15, 0.2) is 0 Å². The van der Waals surface area contributed by atoms with Crippen LogP contribution in [-0.4, -0.2) is 39.5 Å². The van der Waals surface area contributed by atoms with Gasteiger partial charge in [-0.05, 0) is 33.6 Å². The van der Waals surface area contributed by atoms with E-state index in [4.69, 9.17) is 18.9 Å². The third kappa shape index (κ3) is 9.65. The summed E-state index contributed by atoms with van der Waals surface area (Å²) in [6, 6.07) is 0. The highest BCUT2D eigenvalue weighted by atomic mass is 16.9. The summed E-state index contributed by atoms with van der Waals surface area (Å²) in [5, 5.41) is 0. The number of ether oxygens (including phenoxy) is 4. The van der Waals surface area contributed by atoms with E-state index in [0.717, 1.165) is 12.8 Å². The van der Waals surface area contributed by atoms with Gasteiger partial charge in [-0.2, -0.15) is 0 Å².